The lowest BCUT2D eigenvalue weighted by Gasteiger charge is -2.27. The number of halogens is 2. The molecule has 0 saturated heterocycles. The Balaban J connectivity index is 2.00. The van der Waals surface area contributed by atoms with Crippen LogP contribution in [0.5, 0.6) is 0 Å². The molecule has 2 rings (SSSR count). The molecule has 1 aliphatic rings. The fourth-order valence-electron chi connectivity index (χ4n) is 2.15. The summed E-state index contributed by atoms with van der Waals surface area (Å²) in [4.78, 5) is 3.94. The molecule has 16 heavy (non-hydrogen) atoms. The van der Waals surface area contributed by atoms with Crippen LogP contribution in [-0.2, 0) is 0 Å². The molecule has 1 fully saturated rings. The van der Waals surface area contributed by atoms with Gasteiger partial charge in [0.15, 0.2) is 0 Å². The van der Waals surface area contributed by atoms with Crippen LogP contribution in [0.4, 0.5) is 10.1 Å². The first-order chi connectivity index (χ1) is 7.65. The smallest absolute Gasteiger partial charge is 0.143 e. The molecule has 1 N–H and O–H groups in total. The van der Waals surface area contributed by atoms with E-state index in [9.17, 15) is 4.39 Å². The first-order valence-electron chi connectivity index (χ1n) is 5.72. The minimum atomic E-state index is -0.296. The Kier molecular flexibility index (Phi) is 3.79. The highest BCUT2D eigenvalue weighted by atomic mass is 79.9. The summed E-state index contributed by atoms with van der Waals surface area (Å²) in [5, 5.41) is 3.36. The maximum absolute atomic E-state index is 13.0. The number of rotatable bonds is 2. The second kappa shape index (κ2) is 5.13. The van der Waals surface area contributed by atoms with Crippen molar-refractivity contribution in [1.29, 1.82) is 0 Å². The lowest BCUT2D eigenvalue weighted by molar-refractivity contribution is 0.361. The maximum atomic E-state index is 13.0. The average Bonchev–Trinajstić information content (AvgIpc) is 2.27. The van der Waals surface area contributed by atoms with Crippen molar-refractivity contribution in [3.8, 4) is 0 Å². The van der Waals surface area contributed by atoms with Gasteiger partial charge < -0.3 is 5.32 Å². The summed E-state index contributed by atoms with van der Waals surface area (Å²) in [5.74, 6) is 0.530. The first-order valence-corrected chi connectivity index (χ1v) is 6.52. The number of hydrogen-bond donors (Lipinski definition) is 1. The van der Waals surface area contributed by atoms with Crippen LogP contribution < -0.4 is 5.32 Å². The Morgan fingerprint density at radius 2 is 2.06 bits per heavy atom. The Morgan fingerprint density at radius 3 is 2.75 bits per heavy atom. The SMILES string of the molecule is CC1CCC(Nc2cc(F)cnc2Br)CC1. The molecule has 0 aliphatic heterocycles. The van der Waals surface area contributed by atoms with Crippen molar-refractivity contribution in [3.05, 3.63) is 22.7 Å². The summed E-state index contributed by atoms with van der Waals surface area (Å²) < 4.78 is 13.7. The number of pyridine rings is 1. The highest BCUT2D eigenvalue weighted by Gasteiger charge is 2.18. The van der Waals surface area contributed by atoms with Crippen molar-refractivity contribution in [2.75, 3.05) is 5.32 Å². The monoisotopic (exact) mass is 286 g/mol. The van der Waals surface area contributed by atoms with E-state index in [0.29, 0.717) is 10.6 Å². The molecule has 0 unspecified atom stereocenters. The van der Waals surface area contributed by atoms with Gasteiger partial charge in [-0.3, -0.25) is 0 Å². The summed E-state index contributed by atoms with van der Waals surface area (Å²) in [6.07, 6.45) is 6.03. The van der Waals surface area contributed by atoms with Crippen molar-refractivity contribution >= 4 is 21.6 Å². The van der Waals surface area contributed by atoms with E-state index < -0.39 is 0 Å². The first kappa shape index (κ1) is 11.8. The number of anilines is 1. The molecule has 1 aromatic rings. The number of nitrogens with zero attached hydrogens (tertiary/aromatic N) is 1. The van der Waals surface area contributed by atoms with E-state index in [0.717, 1.165) is 24.4 Å². The van der Waals surface area contributed by atoms with E-state index in [1.54, 1.807) is 0 Å². The third-order valence-electron chi connectivity index (χ3n) is 3.18. The number of hydrogen-bond acceptors (Lipinski definition) is 2. The maximum Gasteiger partial charge on any atom is 0.143 e. The van der Waals surface area contributed by atoms with E-state index in [1.165, 1.54) is 25.1 Å². The molecule has 88 valence electrons. The van der Waals surface area contributed by atoms with Gasteiger partial charge in [0.25, 0.3) is 0 Å². The van der Waals surface area contributed by atoms with Crippen molar-refractivity contribution in [1.82, 2.24) is 4.98 Å². The zero-order valence-electron chi connectivity index (χ0n) is 9.34. The van der Waals surface area contributed by atoms with Gasteiger partial charge >= 0.3 is 0 Å². The minimum absolute atomic E-state index is 0.296. The average molecular weight is 287 g/mol. The quantitative estimate of drug-likeness (QED) is 0.832. The highest BCUT2D eigenvalue weighted by Crippen LogP contribution is 2.28. The van der Waals surface area contributed by atoms with Crippen LogP contribution in [-0.4, -0.2) is 11.0 Å². The summed E-state index contributed by atoms with van der Waals surface area (Å²) in [6.45, 7) is 2.29. The lowest BCUT2D eigenvalue weighted by atomic mass is 9.87. The van der Waals surface area contributed by atoms with Crippen LogP contribution in [0.3, 0.4) is 0 Å². The van der Waals surface area contributed by atoms with Gasteiger partial charge in [-0.2, -0.15) is 0 Å². The van der Waals surface area contributed by atoms with Crippen molar-refractivity contribution in [2.45, 2.75) is 38.6 Å². The van der Waals surface area contributed by atoms with Gasteiger partial charge in [0.1, 0.15) is 10.4 Å². The molecule has 1 heterocycles. The van der Waals surface area contributed by atoms with Gasteiger partial charge in [0, 0.05) is 12.1 Å². The molecule has 0 aromatic carbocycles. The van der Waals surface area contributed by atoms with Crippen LogP contribution in [0.15, 0.2) is 16.9 Å². The van der Waals surface area contributed by atoms with Gasteiger partial charge in [-0.1, -0.05) is 6.92 Å². The second-order valence-corrected chi connectivity index (χ2v) is 5.34. The largest absolute Gasteiger partial charge is 0.380 e. The van der Waals surface area contributed by atoms with Crippen molar-refractivity contribution in [3.63, 3.8) is 0 Å². The zero-order valence-corrected chi connectivity index (χ0v) is 10.9. The topological polar surface area (TPSA) is 24.9 Å². The van der Waals surface area contributed by atoms with Crippen molar-refractivity contribution < 1.29 is 4.39 Å². The van der Waals surface area contributed by atoms with Crippen LogP contribution >= 0.6 is 15.9 Å². The van der Waals surface area contributed by atoms with Crippen LogP contribution in [0.2, 0.25) is 0 Å². The second-order valence-electron chi connectivity index (χ2n) is 4.59. The Bertz CT molecular complexity index is 362. The highest BCUT2D eigenvalue weighted by molar-refractivity contribution is 9.10. The minimum Gasteiger partial charge on any atom is -0.380 e. The summed E-state index contributed by atoms with van der Waals surface area (Å²) in [6, 6.07) is 1.95. The molecule has 0 spiro atoms. The molecule has 4 heteroatoms. The van der Waals surface area contributed by atoms with Gasteiger partial charge in [-0.15, -0.1) is 0 Å². The molecule has 2 nitrogen and oxygen atoms in total. The predicted molar refractivity (Wildman–Crippen MR) is 66.9 cm³/mol. The zero-order chi connectivity index (χ0) is 11.5. The number of aromatic nitrogens is 1. The molecule has 0 atom stereocenters. The molecular weight excluding hydrogens is 271 g/mol. The molecule has 0 amide bonds. The van der Waals surface area contributed by atoms with Gasteiger partial charge in [0.05, 0.1) is 11.9 Å². The summed E-state index contributed by atoms with van der Waals surface area (Å²) in [5.41, 5.74) is 0.763. The molecule has 1 aliphatic carbocycles. The van der Waals surface area contributed by atoms with E-state index in [2.05, 4.69) is 33.2 Å². The van der Waals surface area contributed by atoms with Crippen LogP contribution in [0.25, 0.3) is 0 Å². The standard InChI is InChI=1S/C12H16BrFN2/c1-8-2-4-10(5-3-8)16-11-6-9(14)7-15-12(11)13/h6-8,10,16H,2-5H2,1H3. The third kappa shape index (κ3) is 2.94. The van der Waals surface area contributed by atoms with E-state index in [1.807, 2.05) is 0 Å². The number of nitrogens with one attached hydrogen (secondary N) is 1. The van der Waals surface area contributed by atoms with E-state index in [-0.39, 0.29) is 5.82 Å². The predicted octanol–water partition coefficient (Wildman–Crippen LogP) is 3.97. The summed E-state index contributed by atoms with van der Waals surface area (Å²) in [7, 11) is 0. The van der Waals surface area contributed by atoms with Gasteiger partial charge in [0.2, 0.25) is 0 Å². The van der Waals surface area contributed by atoms with Crippen molar-refractivity contribution in [2.24, 2.45) is 5.92 Å². The Morgan fingerprint density at radius 1 is 1.38 bits per heavy atom. The van der Waals surface area contributed by atoms with E-state index >= 15 is 0 Å². The van der Waals surface area contributed by atoms with E-state index in [4.69, 9.17) is 0 Å². The normalized spacial score (nSPS) is 25.4. The van der Waals surface area contributed by atoms with Gasteiger partial charge in [-0.25, -0.2) is 9.37 Å². The third-order valence-corrected chi connectivity index (χ3v) is 3.81. The molecule has 0 bridgehead atoms. The lowest BCUT2D eigenvalue weighted by Crippen LogP contribution is -2.25. The summed E-state index contributed by atoms with van der Waals surface area (Å²) >= 11 is 3.33. The molecule has 0 radical (unpaired) electrons. The molecule has 1 aromatic heterocycles. The molecule has 1 saturated carbocycles. The Labute approximate surface area is 104 Å². The fraction of sp³-hybridized carbons (Fsp3) is 0.583. The van der Waals surface area contributed by atoms with Crippen LogP contribution in [0.1, 0.15) is 32.6 Å². The van der Waals surface area contributed by atoms with Crippen LogP contribution in [0, 0.1) is 11.7 Å². The fourth-order valence-corrected chi connectivity index (χ4v) is 2.48. The Hall–Kier alpha value is -0.640. The molecular formula is C12H16BrFN2. The van der Waals surface area contributed by atoms with Gasteiger partial charge in [-0.05, 0) is 47.5 Å².